The highest BCUT2D eigenvalue weighted by Gasteiger charge is 2.39. The van der Waals surface area contributed by atoms with Crippen molar-refractivity contribution in [1.29, 1.82) is 0 Å². The van der Waals surface area contributed by atoms with Crippen molar-refractivity contribution < 1.29 is 0 Å². The van der Waals surface area contributed by atoms with Crippen molar-refractivity contribution in [3.8, 4) is 11.1 Å². The zero-order chi connectivity index (χ0) is 12.8. The third kappa shape index (κ3) is 1.64. The summed E-state index contributed by atoms with van der Waals surface area (Å²) in [6, 6.07) is 13.2. The van der Waals surface area contributed by atoms with Gasteiger partial charge >= 0.3 is 0 Å². The molecular weight excluding hydrogens is 230 g/mol. The lowest BCUT2D eigenvalue weighted by Gasteiger charge is -2.19. The third-order valence-corrected chi connectivity index (χ3v) is 4.82. The first-order valence-electron chi connectivity index (χ1n) is 7.46. The van der Waals surface area contributed by atoms with E-state index in [1.807, 2.05) is 0 Å². The Hall–Kier alpha value is -1.63. The Morgan fingerprint density at radius 1 is 1.11 bits per heavy atom. The van der Waals surface area contributed by atoms with Crippen LogP contribution in [0.5, 0.6) is 0 Å². The molecule has 2 bridgehead atoms. The van der Waals surface area contributed by atoms with E-state index in [0.29, 0.717) is 0 Å². The maximum absolute atomic E-state index is 4.94. The summed E-state index contributed by atoms with van der Waals surface area (Å²) in [7, 11) is 0. The Labute approximate surface area is 114 Å². The average molecular weight is 249 g/mol. The number of nitrogens with zero attached hydrogens (tertiary/aromatic N) is 1. The molecule has 0 aliphatic heterocycles. The first-order valence-corrected chi connectivity index (χ1v) is 7.46. The maximum atomic E-state index is 4.94. The molecule has 2 aliphatic carbocycles. The molecule has 0 amide bonds. The van der Waals surface area contributed by atoms with Crippen LogP contribution < -0.4 is 0 Å². The van der Waals surface area contributed by atoms with E-state index < -0.39 is 0 Å². The minimum Gasteiger partial charge on any atom is -0.257 e. The van der Waals surface area contributed by atoms with E-state index in [0.717, 1.165) is 18.3 Å². The molecule has 1 fully saturated rings. The predicted molar refractivity (Wildman–Crippen MR) is 78.4 cm³/mol. The molecule has 1 aromatic carbocycles. The second-order valence-corrected chi connectivity index (χ2v) is 5.89. The molecule has 1 heterocycles. The van der Waals surface area contributed by atoms with Crippen molar-refractivity contribution in [3.05, 3.63) is 53.3 Å². The van der Waals surface area contributed by atoms with Gasteiger partial charge in [0.05, 0.1) is 0 Å². The summed E-state index contributed by atoms with van der Waals surface area (Å²) >= 11 is 0. The molecule has 4 rings (SSSR count). The van der Waals surface area contributed by atoms with Crippen molar-refractivity contribution in [2.45, 2.75) is 44.4 Å². The summed E-state index contributed by atoms with van der Waals surface area (Å²) in [5.74, 6) is 1.52. The van der Waals surface area contributed by atoms with Crippen LogP contribution in [0.15, 0.2) is 36.4 Å². The molecule has 0 saturated heterocycles. The Bertz CT molecular complexity index is 615. The molecule has 2 unspecified atom stereocenters. The number of pyridine rings is 1. The third-order valence-electron chi connectivity index (χ3n) is 4.82. The minimum absolute atomic E-state index is 0.744. The molecule has 0 radical (unpaired) electrons. The Morgan fingerprint density at radius 3 is 2.68 bits per heavy atom. The van der Waals surface area contributed by atoms with Gasteiger partial charge in [0.2, 0.25) is 0 Å². The second-order valence-electron chi connectivity index (χ2n) is 5.89. The van der Waals surface area contributed by atoms with Gasteiger partial charge in [-0.1, -0.05) is 37.3 Å². The lowest BCUT2D eigenvalue weighted by molar-refractivity contribution is 0.692. The van der Waals surface area contributed by atoms with Crippen molar-refractivity contribution in [3.63, 3.8) is 0 Å². The Balaban J connectivity index is 1.96. The number of aromatic nitrogens is 1. The van der Waals surface area contributed by atoms with Gasteiger partial charge < -0.3 is 0 Å². The van der Waals surface area contributed by atoms with Crippen molar-refractivity contribution >= 4 is 0 Å². The normalized spacial score (nSPS) is 23.6. The van der Waals surface area contributed by atoms with Crippen LogP contribution in [-0.4, -0.2) is 4.98 Å². The molecule has 2 aromatic rings. The van der Waals surface area contributed by atoms with Gasteiger partial charge in [0, 0.05) is 17.3 Å². The number of rotatable bonds is 2. The molecule has 2 aliphatic rings. The van der Waals surface area contributed by atoms with E-state index in [4.69, 9.17) is 4.98 Å². The van der Waals surface area contributed by atoms with Crippen molar-refractivity contribution in [2.75, 3.05) is 0 Å². The zero-order valence-corrected chi connectivity index (χ0v) is 11.4. The molecule has 0 spiro atoms. The van der Waals surface area contributed by atoms with Crippen molar-refractivity contribution in [2.24, 2.45) is 0 Å². The number of hydrogen-bond donors (Lipinski definition) is 0. The fourth-order valence-corrected chi connectivity index (χ4v) is 3.90. The van der Waals surface area contributed by atoms with E-state index in [2.05, 4.69) is 43.3 Å². The predicted octanol–water partition coefficient (Wildman–Crippen LogP) is 4.68. The highest BCUT2D eigenvalue weighted by molar-refractivity contribution is 5.71. The average Bonchev–Trinajstić information content (AvgIpc) is 3.09. The Kier molecular flexibility index (Phi) is 2.48. The van der Waals surface area contributed by atoms with Gasteiger partial charge in [0.25, 0.3) is 0 Å². The summed E-state index contributed by atoms with van der Waals surface area (Å²) < 4.78 is 0. The van der Waals surface area contributed by atoms with E-state index in [-0.39, 0.29) is 0 Å². The lowest BCUT2D eigenvalue weighted by atomic mass is 9.88. The first-order chi connectivity index (χ1) is 9.36. The van der Waals surface area contributed by atoms with Crippen LogP contribution in [0.1, 0.15) is 55.0 Å². The molecule has 2 atom stereocenters. The largest absolute Gasteiger partial charge is 0.257 e. The van der Waals surface area contributed by atoms with Crippen LogP contribution in [0.4, 0.5) is 0 Å². The van der Waals surface area contributed by atoms with Crippen LogP contribution in [0.2, 0.25) is 0 Å². The van der Waals surface area contributed by atoms with E-state index in [1.165, 1.54) is 41.8 Å². The fraction of sp³-hybridized carbons (Fsp3) is 0.389. The van der Waals surface area contributed by atoms with Gasteiger partial charge in [-0.15, -0.1) is 0 Å². The summed E-state index contributed by atoms with van der Waals surface area (Å²) in [4.78, 5) is 4.94. The van der Waals surface area contributed by atoms with E-state index >= 15 is 0 Å². The standard InChI is InChI=1S/C18H19N/c1-2-15-11-16(12-6-4-3-5-7-12)17-13-8-9-14(10-13)18(17)19-15/h3-7,11,13-14H,2,8-10H2,1H3. The fourth-order valence-electron chi connectivity index (χ4n) is 3.90. The molecule has 96 valence electrons. The van der Waals surface area contributed by atoms with Gasteiger partial charge in [-0.3, -0.25) is 4.98 Å². The topological polar surface area (TPSA) is 12.9 Å². The molecule has 1 heteroatoms. The first kappa shape index (κ1) is 11.2. The molecule has 1 nitrogen and oxygen atoms in total. The zero-order valence-electron chi connectivity index (χ0n) is 11.4. The number of hydrogen-bond acceptors (Lipinski definition) is 1. The van der Waals surface area contributed by atoms with Crippen LogP contribution >= 0.6 is 0 Å². The van der Waals surface area contributed by atoms with Gasteiger partial charge in [0.15, 0.2) is 0 Å². The van der Waals surface area contributed by atoms with Crippen LogP contribution in [0, 0.1) is 0 Å². The van der Waals surface area contributed by atoms with Crippen LogP contribution in [-0.2, 0) is 6.42 Å². The quantitative estimate of drug-likeness (QED) is 0.753. The second kappa shape index (κ2) is 4.19. The van der Waals surface area contributed by atoms with Gasteiger partial charge in [0.1, 0.15) is 0 Å². The summed E-state index contributed by atoms with van der Waals surface area (Å²) in [5, 5.41) is 0. The summed E-state index contributed by atoms with van der Waals surface area (Å²) in [6.07, 6.45) is 5.09. The minimum atomic E-state index is 0.744. The van der Waals surface area contributed by atoms with E-state index in [9.17, 15) is 0 Å². The molecule has 1 saturated carbocycles. The monoisotopic (exact) mass is 249 g/mol. The summed E-state index contributed by atoms with van der Waals surface area (Å²) in [5.41, 5.74) is 7.07. The van der Waals surface area contributed by atoms with Gasteiger partial charge in [-0.25, -0.2) is 0 Å². The molecule has 0 N–H and O–H groups in total. The van der Waals surface area contributed by atoms with Crippen LogP contribution in [0.3, 0.4) is 0 Å². The highest BCUT2D eigenvalue weighted by atomic mass is 14.8. The number of fused-ring (bicyclic) bond motifs is 5. The SMILES string of the molecule is CCc1cc(-c2ccccc2)c2c(n1)C1CCC2C1. The number of aryl methyl sites for hydroxylation is 1. The van der Waals surface area contributed by atoms with Gasteiger partial charge in [-0.05, 0) is 54.4 Å². The lowest BCUT2D eigenvalue weighted by Crippen LogP contribution is -2.05. The number of benzene rings is 1. The molecule has 1 aromatic heterocycles. The smallest absolute Gasteiger partial charge is 0.0479 e. The van der Waals surface area contributed by atoms with Gasteiger partial charge in [-0.2, -0.15) is 0 Å². The van der Waals surface area contributed by atoms with Crippen LogP contribution in [0.25, 0.3) is 11.1 Å². The maximum Gasteiger partial charge on any atom is 0.0479 e. The van der Waals surface area contributed by atoms with E-state index in [1.54, 1.807) is 5.56 Å². The highest BCUT2D eigenvalue weighted by Crippen LogP contribution is 2.55. The summed E-state index contributed by atoms with van der Waals surface area (Å²) in [6.45, 7) is 2.21. The molecule has 19 heavy (non-hydrogen) atoms. The van der Waals surface area contributed by atoms with Crippen molar-refractivity contribution in [1.82, 2.24) is 4.98 Å². The Morgan fingerprint density at radius 2 is 1.89 bits per heavy atom. The molecular formula is C18H19N.